The van der Waals surface area contributed by atoms with Crippen LogP contribution >= 0.6 is 11.8 Å². The molecule has 0 saturated heterocycles. The van der Waals surface area contributed by atoms with Crippen LogP contribution in [0.5, 0.6) is 0 Å². The molecule has 1 aliphatic rings. The Morgan fingerprint density at radius 3 is 3.07 bits per heavy atom. The van der Waals surface area contributed by atoms with Crippen molar-refractivity contribution >= 4 is 11.8 Å². The van der Waals surface area contributed by atoms with Gasteiger partial charge in [-0.25, -0.2) is 0 Å². The largest absolute Gasteiger partial charge is 0.468 e. The van der Waals surface area contributed by atoms with Gasteiger partial charge in [0.15, 0.2) is 0 Å². The summed E-state index contributed by atoms with van der Waals surface area (Å²) in [5.74, 6) is 1.74. The van der Waals surface area contributed by atoms with Crippen molar-refractivity contribution in [3.8, 4) is 0 Å². The summed E-state index contributed by atoms with van der Waals surface area (Å²) in [6.07, 6.45) is 5.70. The van der Waals surface area contributed by atoms with Gasteiger partial charge in [0.1, 0.15) is 5.76 Å². The maximum Gasteiger partial charge on any atom is 0.114 e. The van der Waals surface area contributed by atoms with Crippen LogP contribution in [0, 0.1) is 12.8 Å². The summed E-state index contributed by atoms with van der Waals surface area (Å²) in [5, 5.41) is 0.705. The van der Waals surface area contributed by atoms with Crippen LogP contribution in [0.2, 0.25) is 0 Å². The second-order valence-corrected chi connectivity index (χ2v) is 5.21. The Morgan fingerprint density at radius 2 is 2.43 bits per heavy atom. The predicted molar refractivity (Wildman–Crippen MR) is 59.5 cm³/mol. The summed E-state index contributed by atoms with van der Waals surface area (Å²) in [5.41, 5.74) is 5.75. The summed E-state index contributed by atoms with van der Waals surface area (Å²) < 4.78 is 5.29. The Kier molecular flexibility index (Phi) is 3.19. The van der Waals surface area contributed by atoms with Crippen LogP contribution in [-0.4, -0.2) is 11.8 Å². The Balaban J connectivity index is 2.00. The van der Waals surface area contributed by atoms with E-state index in [1.807, 2.05) is 18.7 Å². The molecule has 1 heterocycles. The van der Waals surface area contributed by atoms with Crippen molar-refractivity contribution in [3.63, 3.8) is 0 Å². The van der Waals surface area contributed by atoms with Crippen molar-refractivity contribution in [2.45, 2.75) is 36.3 Å². The fourth-order valence-electron chi connectivity index (χ4n) is 2.09. The van der Waals surface area contributed by atoms with Gasteiger partial charge in [0, 0.05) is 10.1 Å². The first-order valence-corrected chi connectivity index (χ1v) is 6.10. The normalized spacial score (nSPS) is 27.0. The molecule has 0 amide bonds. The van der Waals surface area contributed by atoms with Gasteiger partial charge in [0.05, 0.1) is 6.26 Å². The van der Waals surface area contributed by atoms with Crippen molar-refractivity contribution < 1.29 is 4.42 Å². The van der Waals surface area contributed by atoms with E-state index in [-0.39, 0.29) is 0 Å². The topological polar surface area (TPSA) is 39.2 Å². The van der Waals surface area contributed by atoms with E-state index in [2.05, 4.69) is 6.07 Å². The lowest BCUT2D eigenvalue weighted by atomic mass is 10.1. The van der Waals surface area contributed by atoms with Crippen LogP contribution in [0.3, 0.4) is 0 Å². The molecule has 1 aliphatic carbocycles. The predicted octanol–water partition coefficient (Wildman–Crippen LogP) is 2.81. The molecule has 2 rings (SSSR count). The molecule has 1 aromatic heterocycles. The number of hydrogen-bond donors (Lipinski definition) is 1. The van der Waals surface area contributed by atoms with Crippen molar-refractivity contribution in [1.29, 1.82) is 0 Å². The summed E-state index contributed by atoms with van der Waals surface area (Å²) in [6.45, 7) is 2.85. The summed E-state index contributed by atoms with van der Waals surface area (Å²) >= 11 is 1.94. The van der Waals surface area contributed by atoms with Crippen molar-refractivity contribution in [3.05, 3.63) is 18.1 Å². The van der Waals surface area contributed by atoms with Crippen LogP contribution in [0.1, 0.15) is 25.0 Å². The average Bonchev–Trinajstić information content (AvgIpc) is 2.77. The summed E-state index contributed by atoms with van der Waals surface area (Å²) in [4.78, 5) is 1.29. The van der Waals surface area contributed by atoms with Gasteiger partial charge in [0.2, 0.25) is 0 Å². The zero-order valence-electron chi connectivity index (χ0n) is 8.53. The molecule has 0 aromatic carbocycles. The highest BCUT2D eigenvalue weighted by atomic mass is 32.2. The first-order chi connectivity index (χ1) is 6.81. The molecule has 2 unspecified atom stereocenters. The highest BCUT2D eigenvalue weighted by Crippen LogP contribution is 2.39. The molecule has 2 N–H and O–H groups in total. The van der Waals surface area contributed by atoms with Gasteiger partial charge in [-0.1, -0.05) is 6.42 Å². The molecular weight excluding hydrogens is 194 g/mol. The molecule has 0 spiro atoms. The number of rotatable bonds is 3. The van der Waals surface area contributed by atoms with Crippen molar-refractivity contribution in [1.82, 2.24) is 0 Å². The van der Waals surface area contributed by atoms with Crippen molar-refractivity contribution in [2.24, 2.45) is 11.7 Å². The van der Waals surface area contributed by atoms with E-state index >= 15 is 0 Å². The fraction of sp³-hybridized carbons (Fsp3) is 0.636. The average molecular weight is 211 g/mol. The van der Waals surface area contributed by atoms with E-state index < -0.39 is 0 Å². The molecule has 1 aromatic rings. The van der Waals surface area contributed by atoms with Crippen LogP contribution in [-0.2, 0) is 0 Å². The van der Waals surface area contributed by atoms with E-state index in [4.69, 9.17) is 10.2 Å². The molecule has 0 radical (unpaired) electrons. The monoisotopic (exact) mass is 211 g/mol. The maximum absolute atomic E-state index is 5.75. The Labute approximate surface area is 89.2 Å². The molecule has 2 nitrogen and oxygen atoms in total. The minimum atomic E-state index is 0.703. The van der Waals surface area contributed by atoms with E-state index in [0.717, 1.165) is 12.3 Å². The molecule has 0 aliphatic heterocycles. The Bertz CT molecular complexity index is 297. The van der Waals surface area contributed by atoms with Crippen molar-refractivity contribution in [2.75, 3.05) is 6.54 Å². The molecule has 1 fully saturated rings. The first kappa shape index (κ1) is 10.1. The van der Waals surface area contributed by atoms with Crippen LogP contribution in [0.25, 0.3) is 0 Å². The lowest BCUT2D eigenvalue weighted by Gasteiger charge is -2.16. The zero-order chi connectivity index (χ0) is 9.97. The first-order valence-electron chi connectivity index (χ1n) is 5.22. The third-order valence-electron chi connectivity index (χ3n) is 2.98. The Morgan fingerprint density at radius 1 is 1.57 bits per heavy atom. The Hall–Kier alpha value is -0.410. The molecule has 14 heavy (non-hydrogen) atoms. The quantitative estimate of drug-likeness (QED) is 0.835. The molecular formula is C11H17NOS. The van der Waals surface area contributed by atoms with Crippen LogP contribution in [0.15, 0.2) is 21.6 Å². The van der Waals surface area contributed by atoms with Gasteiger partial charge in [-0.15, -0.1) is 11.8 Å². The summed E-state index contributed by atoms with van der Waals surface area (Å²) in [7, 11) is 0. The standard InChI is InChI=1S/C11H17NOS/c1-8-10(5-6-13-8)14-11-4-2-3-9(11)7-12/h5-6,9,11H,2-4,7,12H2,1H3. The number of furan rings is 1. The lowest BCUT2D eigenvalue weighted by Crippen LogP contribution is -2.20. The minimum absolute atomic E-state index is 0.703. The zero-order valence-corrected chi connectivity index (χ0v) is 9.35. The lowest BCUT2D eigenvalue weighted by molar-refractivity contribution is 0.526. The van der Waals surface area contributed by atoms with Crippen LogP contribution in [0.4, 0.5) is 0 Å². The maximum atomic E-state index is 5.75. The van der Waals surface area contributed by atoms with E-state index in [1.165, 1.54) is 24.2 Å². The fourth-order valence-corrected chi connectivity index (χ4v) is 3.48. The molecule has 2 atom stereocenters. The number of nitrogens with two attached hydrogens (primary N) is 1. The summed E-state index contributed by atoms with van der Waals surface area (Å²) in [6, 6.07) is 2.06. The second-order valence-electron chi connectivity index (χ2n) is 3.92. The van der Waals surface area contributed by atoms with E-state index in [9.17, 15) is 0 Å². The van der Waals surface area contributed by atoms with Gasteiger partial charge in [-0.3, -0.25) is 0 Å². The second kappa shape index (κ2) is 4.41. The third kappa shape index (κ3) is 1.98. The molecule has 78 valence electrons. The van der Waals surface area contributed by atoms with Crippen LogP contribution < -0.4 is 5.73 Å². The third-order valence-corrected chi connectivity index (χ3v) is 4.58. The van der Waals surface area contributed by atoms with Gasteiger partial charge in [0.25, 0.3) is 0 Å². The molecule has 1 saturated carbocycles. The van der Waals surface area contributed by atoms with Gasteiger partial charge < -0.3 is 10.2 Å². The molecule has 0 bridgehead atoms. The highest BCUT2D eigenvalue weighted by Gasteiger charge is 2.27. The molecule has 3 heteroatoms. The van der Waals surface area contributed by atoms with E-state index in [0.29, 0.717) is 11.2 Å². The smallest absolute Gasteiger partial charge is 0.114 e. The van der Waals surface area contributed by atoms with E-state index in [1.54, 1.807) is 6.26 Å². The SMILES string of the molecule is Cc1occc1SC1CCCC1CN. The highest BCUT2D eigenvalue weighted by molar-refractivity contribution is 8.00. The minimum Gasteiger partial charge on any atom is -0.468 e. The number of hydrogen-bond acceptors (Lipinski definition) is 3. The number of aryl methyl sites for hydroxylation is 1. The van der Waals surface area contributed by atoms with Gasteiger partial charge >= 0.3 is 0 Å². The van der Waals surface area contributed by atoms with Gasteiger partial charge in [-0.2, -0.15) is 0 Å². The van der Waals surface area contributed by atoms with Gasteiger partial charge in [-0.05, 0) is 38.3 Å². The number of thioether (sulfide) groups is 1.